The Labute approximate surface area is 221 Å². The maximum absolute atomic E-state index is 13.6. The number of aryl methyl sites for hydroxylation is 1. The molecule has 0 spiro atoms. The molecule has 37 heavy (non-hydrogen) atoms. The van der Waals surface area contributed by atoms with Gasteiger partial charge in [-0.3, -0.25) is 14.4 Å². The molecule has 196 valence electrons. The summed E-state index contributed by atoms with van der Waals surface area (Å²) in [6.07, 6.45) is 1.81. The number of benzene rings is 1. The van der Waals surface area contributed by atoms with E-state index in [9.17, 15) is 14.4 Å². The summed E-state index contributed by atoms with van der Waals surface area (Å²) < 4.78 is 5.85. The zero-order valence-electron chi connectivity index (χ0n) is 21.9. The maximum Gasteiger partial charge on any atom is 0.256 e. The average Bonchev–Trinajstić information content (AvgIpc) is 3.43. The van der Waals surface area contributed by atoms with Gasteiger partial charge in [0.1, 0.15) is 22.9 Å². The average molecular weight is 525 g/mol. The molecule has 0 unspecified atom stereocenters. The Morgan fingerprint density at radius 2 is 1.70 bits per heavy atom. The van der Waals surface area contributed by atoms with Gasteiger partial charge in [0.25, 0.3) is 16.8 Å². The normalized spacial score (nSPS) is 17.9. The number of furan rings is 1. The van der Waals surface area contributed by atoms with Crippen molar-refractivity contribution in [2.75, 3.05) is 30.8 Å². The van der Waals surface area contributed by atoms with Gasteiger partial charge in [-0.25, -0.2) is 0 Å². The summed E-state index contributed by atoms with van der Waals surface area (Å²) in [6, 6.07) is 6.98. The van der Waals surface area contributed by atoms with E-state index >= 15 is 0 Å². The van der Waals surface area contributed by atoms with E-state index in [-0.39, 0.29) is 34.8 Å². The molecule has 1 atom stereocenters. The highest BCUT2D eigenvalue weighted by Crippen LogP contribution is 2.40. The number of amides is 1. The molecule has 2 N–H and O–H groups in total. The number of anilines is 3. The van der Waals surface area contributed by atoms with Crippen molar-refractivity contribution in [1.29, 1.82) is 0 Å². The summed E-state index contributed by atoms with van der Waals surface area (Å²) in [6.45, 7) is 10.3. The third kappa shape index (κ3) is 4.57. The van der Waals surface area contributed by atoms with E-state index < -0.39 is 10.9 Å². The Morgan fingerprint density at radius 3 is 2.32 bits per heavy atom. The third-order valence-electron chi connectivity index (χ3n) is 7.56. The summed E-state index contributed by atoms with van der Waals surface area (Å²) in [5.41, 5.74) is 0.529. The minimum atomic E-state index is -0.618. The molecule has 3 aromatic rings. The first-order valence-corrected chi connectivity index (χ1v) is 13.1. The molecule has 2 aromatic carbocycles. The number of nitrogens with zero attached hydrogens (tertiary/aromatic N) is 2. The second-order valence-electron chi connectivity index (χ2n) is 11.3. The van der Waals surface area contributed by atoms with E-state index in [1.165, 1.54) is 0 Å². The maximum atomic E-state index is 13.6. The van der Waals surface area contributed by atoms with Gasteiger partial charge < -0.3 is 24.9 Å². The first kappa shape index (κ1) is 25.5. The molecule has 0 aliphatic carbocycles. The van der Waals surface area contributed by atoms with Gasteiger partial charge in [0.15, 0.2) is 0 Å². The van der Waals surface area contributed by atoms with E-state index in [4.69, 9.17) is 16.0 Å². The lowest BCUT2D eigenvalue weighted by atomic mass is 9.85. The van der Waals surface area contributed by atoms with Gasteiger partial charge in [-0.05, 0) is 69.6 Å². The molecule has 1 aromatic heterocycles. The fourth-order valence-electron chi connectivity index (χ4n) is 5.36. The van der Waals surface area contributed by atoms with Gasteiger partial charge in [0.05, 0.1) is 17.3 Å². The van der Waals surface area contributed by atoms with E-state index in [0.29, 0.717) is 28.6 Å². The SMILES string of the molecule is Cc1ccc([C@H](Nc2c(Nc3ccc(Cl)c4c3C(=O)N(C3CCN(C)CC3)C4)c(=O)c2=O)C(C)(C)C)o1. The fraction of sp³-hybridized carbons (Fsp3) is 0.464. The Kier molecular flexibility index (Phi) is 6.44. The molecule has 0 bridgehead atoms. The van der Waals surface area contributed by atoms with Crippen LogP contribution in [0.1, 0.15) is 67.1 Å². The lowest BCUT2D eigenvalue weighted by Gasteiger charge is -2.35. The van der Waals surface area contributed by atoms with Crippen molar-refractivity contribution < 1.29 is 9.21 Å². The van der Waals surface area contributed by atoms with Crippen LogP contribution in [0, 0.1) is 12.3 Å². The van der Waals surface area contributed by atoms with Crippen molar-refractivity contribution in [3.8, 4) is 0 Å². The van der Waals surface area contributed by atoms with E-state index in [1.807, 2.05) is 44.7 Å². The molecule has 0 radical (unpaired) electrons. The standard InChI is InChI=1S/C28H33ClN4O4/c1-15-6-9-20(37-15)26(28(2,3)4)31-23-22(24(34)25(23)35)30-19-8-7-18(29)17-14-33(27(36)21(17)19)16-10-12-32(5)13-11-16/h6-9,16,26,30-31H,10-14H2,1-5H3/t26-/m0/s1. The number of rotatable bonds is 6. The predicted molar refractivity (Wildman–Crippen MR) is 146 cm³/mol. The number of nitrogens with one attached hydrogen (secondary N) is 2. The second kappa shape index (κ2) is 9.33. The van der Waals surface area contributed by atoms with Gasteiger partial charge >= 0.3 is 0 Å². The molecular formula is C28H33ClN4O4. The highest BCUT2D eigenvalue weighted by molar-refractivity contribution is 6.32. The van der Waals surface area contributed by atoms with Crippen LogP contribution in [0.2, 0.25) is 5.02 Å². The largest absolute Gasteiger partial charge is 0.464 e. The molecule has 5 rings (SSSR count). The van der Waals surface area contributed by atoms with Crippen LogP contribution in [0.25, 0.3) is 0 Å². The summed E-state index contributed by atoms with van der Waals surface area (Å²) in [5, 5.41) is 6.89. The zero-order chi connectivity index (χ0) is 26.6. The third-order valence-corrected chi connectivity index (χ3v) is 7.91. The van der Waals surface area contributed by atoms with Crippen molar-refractivity contribution in [1.82, 2.24) is 9.80 Å². The number of hydrogen-bond acceptors (Lipinski definition) is 7. The molecule has 9 heteroatoms. The van der Waals surface area contributed by atoms with Crippen molar-refractivity contribution in [2.24, 2.45) is 5.41 Å². The molecule has 8 nitrogen and oxygen atoms in total. The number of carbonyl (C=O) groups excluding carboxylic acids is 1. The molecule has 2 aliphatic heterocycles. The lowest BCUT2D eigenvalue weighted by Crippen LogP contribution is -2.43. The smallest absolute Gasteiger partial charge is 0.256 e. The van der Waals surface area contributed by atoms with Gasteiger partial charge in [0, 0.05) is 23.2 Å². The second-order valence-corrected chi connectivity index (χ2v) is 11.7. The summed E-state index contributed by atoms with van der Waals surface area (Å²) in [5.74, 6) is 1.35. The van der Waals surface area contributed by atoms with Crippen molar-refractivity contribution in [3.05, 3.63) is 72.4 Å². The number of carbonyl (C=O) groups is 1. The Balaban J connectivity index is 1.45. The monoisotopic (exact) mass is 524 g/mol. The van der Waals surface area contributed by atoms with Gasteiger partial charge in [0.2, 0.25) is 0 Å². The Morgan fingerprint density at radius 1 is 1.03 bits per heavy atom. The van der Waals surface area contributed by atoms with Crippen LogP contribution >= 0.6 is 11.6 Å². The van der Waals surface area contributed by atoms with Crippen LogP contribution in [0.3, 0.4) is 0 Å². The van der Waals surface area contributed by atoms with Crippen LogP contribution in [-0.4, -0.2) is 41.9 Å². The van der Waals surface area contributed by atoms with Crippen LogP contribution < -0.4 is 21.5 Å². The highest BCUT2D eigenvalue weighted by Gasteiger charge is 2.38. The molecule has 2 aliphatic rings. The number of hydrogen-bond donors (Lipinski definition) is 2. The van der Waals surface area contributed by atoms with E-state index in [1.54, 1.807) is 12.1 Å². The van der Waals surface area contributed by atoms with Crippen molar-refractivity contribution in [3.63, 3.8) is 0 Å². The number of fused-ring (bicyclic) bond motifs is 1. The van der Waals surface area contributed by atoms with Crippen molar-refractivity contribution >= 4 is 34.6 Å². The summed E-state index contributed by atoms with van der Waals surface area (Å²) >= 11 is 6.52. The van der Waals surface area contributed by atoms with Crippen LogP contribution in [0.5, 0.6) is 0 Å². The number of halogens is 1. The summed E-state index contributed by atoms with van der Waals surface area (Å²) in [7, 11) is 2.09. The number of likely N-dealkylation sites (tertiary alicyclic amines) is 1. The first-order valence-electron chi connectivity index (χ1n) is 12.7. The van der Waals surface area contributed by atoms with Crippen LogP contribution in [0.4, 0.5) is 17.1 Å². The molecule has 1 fully saturated rings. The van der Waals surface area contributed by atoms with E-state index in [0.717, 1.165) is 37.3 Å². The van der Waals surface area contributed by atoms with Gasteiger partial charge in [-0.1, -0.05) is 32.4 Å². The minimum Gasteiger partial charge on any atom is -0.464 e. The quantitative estimate of drug-likeness (QED) is 0.446. The first-order chi connectivity index (χ1) is 17.5. The fourth-order valence-corrected chi connectivity index (χ4v) is 5.58. The summed E-state index contributed by atoms with van der Waals surface area (Å²) in [4.78, 5) is 43.1. The number of piperidine rings is 1. The molecule has 1 saturated heterocycles. The molecular weight excluding hydrogens is 492 g/mol. The molecule has 3 heterocycles. The molecule has 1 amide bonds. The lowest BCUT2D eigenvalue weighted by molar-refractivity contribution is 0.0617. The van der Waals surface area contributed by atoms with Crippen LogP contribution in [-0.2, 0) is 6.54 Å². The highest BCUT2D eigenvalue weighted by atomic mass is 35.5. The van der Waals surface area contributed by atoms with Crippen molar-refractivity contribution in [2.45, 2.75) is 59.2 Å². The molecule has 0 saturated carbocycles. The van der Waals surface area contributed by atoms with E-state index in [2.05, 4.69) is 22.6 Å². The topological polar surface area (TPSA) is 94.9 Å². The Bertz CT molecular complexity index is 1420. The van der Waals surface area contributed by atoms with Crippen LogP contribution in [0.15, 0.2) is 38.3 Å². The van der Waals surface area contributed by atoms with Gasteiger partial charge in [-0.2, -0.15) is 0 Å². The minimum absolute atomic E-state index is 0.0959. The zero-order valence-corrected chi connectivity index (χ0v) is 22.7. The predicted octanol–water partition coefficient (Wildman–Crippen LogP) is 4.83. The van der Waals surface area contributed by atoms with Gasteiger partial charge in [-0.15, -0.1) is 0 Å². The Hall–Kier alpha value is -3.10.